The standard InChI is InChI=1S/C18H23N3O3/c1-11(2)16-17(23)19-7-9-21(16)18(24)14-4-5-15-13(10-14)6-8-20(15)12(3)22/h4-5,10-11,16H,6-9H2,1-3H3,(H,19,23). The van der Waals surface area contributed by atoms with Gasteiger partial charge in [-0.2, -0.15) is 0 Å². The molecule has 2 aliphatic heterocycles. The molecule has 3 amide bonds. The summed E-state index contributed by atoms with van der Waals surface area (Å²) in [5.41, 5.74) is 2.48. The monoisotopic (exact) mass is 329 g/mol. The van der Waals surface area contributed by atoms with E-state index in [1.54, 1.807) is 22.8 Å². The van der Waals surface area contributed by atoms with Gasteiger partial charge in [0.2, 0.25) is 11.8 Å². The summed E-state index contributed by atoms with van der Waals surface area (Å²) in [4.78, 5) is 40.1. The normalized spacial score (nSPS) is 20.2. The van der Waals surface area contributed by atoms with Crippen molar-refractivity contribution in [2.75, 3.05) is 24.5 Å². The Kier molecular flexibility index (Phi) is 4.30. The Bertz CT molecular complexity index is 699. The van der Waals surface area contributed by atoms with E-state index in [1.165, 1.54) is 0 Å². The van der Waals surface area contributed by atoms with Crippen LogP contribution in [0.15, 0.2) is 18.2 Å². The Morgan fingerprint density at radius 3 is 2.67 bits per heavy atom. The van der Waals surface area contributed by atoms with Crippen LogP contribution in [0.1, 0.15) is 36.7 Å². The van der Waals surface area contributed by atoms with Gasteiger partial charge in [-0.05, 0) is 36.1 Å². The van der Waals surface area contributed by atoms with Crippen LogP contribution < -0.4 is 10.2 Å². The lowest BCUT2D eigenvalue weighted by atomic mass is 9.98. The van der Waals surface area contributed by atoms with Crippen LogP contribution in [0.4, 0.5) is 5.69 Å². The highest BCUT2D eigenvalue weighted by Gasteiger charge is 2.36. The molecule has 0 spiro atoms. The SMILES string of the molecule is CC(=O)N1CCc2cc(C(=O)N3CCNC(=O)C3C(C)C)ccc21. The fourth-order valence-electron chi connectivity index (χ4n) is 3.60. The van der Waals surface area contributed by atoms with Gasteiger partial charge in [0.25, 0.3) is 5.91 Å². The molecule has 6 heteroatoms. The van der Waals surface area contributed by atoms with Gasteiger partial charge in [0.15, 0.2) is 0 Å². The number of carbonyl (C=O) groups excluding carboxylic acids is 3. The van der Waals surface area contributed by atoms with E-state index in [2.05, 4.69) is 5.32 Å². The van der Waals surface area contributed by atoms with E-state index in [-0.39, 0.29) is 23.6 Å². The van der Waals surface area contributed by atoms with Crippen molar-refractivity contribution >= 4 is 23.4 Å². The lowest BCUT2D eigenvalue weighted by Gasteiger charge is -2.37. The summed E-state index contributed by atoms with van der Waals surface area (Å²) >= 11 is 0. The van der Waals surface area contributed by atoms with E-state index in [4.69, 9.17) is 0 Å². The highest BCUT2D eigenvalue weighted by Crippen LogP contribution is 2.29. The van der Waals surface area contributed by atoms with Crippen molar-refractivity contribution in [3.8, 4) is 0 Å². The summed E-state index contributed by atoms with van der Waals surface area (Å²) in [5.74, 6) is -0.140. The summed E-state index contributed by atoms with van der Waals surface area (Å²) in [5, 5.41) is 2.83. The van der Waals surface area contributed by atoms with Crippen molar-refractivity contribution < 1.29 is 14.4 Å². The Labute approximate surface area is 141 Å². The molecule has 128 valence electrons. The van der Waals surface area contributed by atoms with E-state index in [0.717, 1.165) is 17.7 Å². The molecule has 0 bridgehead atoms. The zero-order valence-corrected chi connectivity index (χ0v) is 14.3. The number of carbonyl (C=O) groups is 3. The highest BCUT2D eigenvalue weighted by molar-refractivity contribution is 6.00. The van der Waals surface area contributed by atoms with Crippen molar-refractivity contribution in [2.45, 2.75) is 33.2 Å². The predicted octanol–water partition coefficient (Wildman–Crippen LogP) is 1.19. The maximum atomic E-state index is 12.9. The highest BCUT2D eigenvalue weighted by atomic mass is 16.2. The van der Waals surface area contributed by atoms with Gasteiger partial charge < -0.3 is 15.1 Å². The van der Waals surface area contributed by atoms with Crippen molar-refractivity contribution in [3.63, 3.8) is 0 Å². The molecule has 6 nitrogen and oxygen atoms in total. The third-order valence-corrected chi connectivity index (χ3v) is 4.75. The Morgan fingerprint density at radius 1 is 1.25 bits per heavy atom. The third kappa shape index (κ3) is 2.77. The summed E-state index contributed by atoms with van der Waals surface area (Å²) in [6, 6.07) is 5.02. The predicted molar refractivity (Wildman–Crippen MR) is 90.8 cm³/mol. The molecule has 0 aromatic heterocycles. The van der Waals surface area contributed by atoms with E-state index in [0.29, 0.717) is 25.2 Å². The second-order valence-electron chi connectivity index (χ2n) is 6.74. The van der Waals surface area contributed by atoms with Crippen LogP contribution in [0.2, 0.25) is 0 Å². The number of fused-ring (bicyclic) bond motifs is 1. The quantitative estimate of drug-likeness (QED) is 0.886. The van der Waals surface area contributed by atoms with Crippen LogP contribution in [0, 0.1) is 5.92 Å². The van der Waals surface area contributed by atoms with Gasteiger partial charge in [-0.1, -0.05) is 13.8 Å². The molecule has 1 N–H and O–H groups in total. The van der Waals surface area contributed by atoms with Crippen LogP contribution in [0.5, 0.6) is 0 Å². The minimum atomic E-state index is -0.437. The average molecular weight is 329 g/mol. The minimum absolute atomic E-state index is 0.0143. The lowest BCUT2D eigenvalue weighted by molar-refractivity contribution is -0.129. The Morgan fingerprint density at radius 2 is 2.00 bits per heavy atom. The van der Waals surface area contributed by atoms with Gasteiger partial charge in [-0.15, -0.1) is 0 Å². The van der Waals surface area contributed by atoms with Gasteiger partial charge in [0, 0.05) is 37.8 Å². The number of rotatable bonds is 2. The number of piperazine rings is 1. The molecular formula is C18H23N3O3. The number of amides is 3. The number of benzene rings is 1. The zero-order valence-electron chi connectivity index (χ0n) is 14.3. The van der Waals surface area contributed by atoms with Crippen LogP contribution >= 0.6 is 0 Å². The number of hydrogen-bond acceptors (Lipinski definition) is 3. The Hall–Kier alpha value is -2.37. The van der Waals surface area contributed by atoms with Crippen molar-refractivity contribution in [3.05, 3.63) is 29.3 Å². The lowest BCUT2D eigenvalue weighted by Crippen LogP contribution is -2.59. The first-order chi connectivity index (χ1) is 11.4. The number of hydrogen-bond donors (Lipinski definition) is 1. The fourth-order valence-corrected chi connectivity index (χ4v) is 3.60. The molecular weight excluding hydrogens is 306 g/mol. The number of nitrogens with one attached hydrogen (secondary N) is 1. The van der Waals surface area contributed by atoms with E-state index in [9.17, 15) is 14.4 Å². The van der Waals surface area contributed by atoms with Crippen LogP contribution in [-0.2, 0) is 16.0 Å². The van der Waals surface area contributed by atoms with Crippen molar-refractivity contribution in [1.82, 2.24) is 10.2 Å². The molecule has 2 heterocycles. The summed E-state index contributed by atoms with van der Waals surface area (Å²) in [7, 11) is 0. The van der Waals surface area contributed by atoms with E-state index < -0.39 is 6.04 Å². The number of anilines is 1. The molecule has 1 aromatic carbocycles. The van der Waals surface area contributed by atoms with E-state index >= 15 is 0 Å². The maximum Gasteiger partial charge on any atom is 0.254 e. The largest absolute Gasteiger partial charge is 0.353 e. The third-order valence-electron chi connectivity index (χ3n) is 4.75. The fraction of sp³-hybridized carbons (Fsp3) is 0.500. The molecule has 2 aliphatic rings. The molecule has 1 saturated heterocycles. The molecule has 24 heavy (non-hydrogen) atoms. The summed E-state index contributed by atoms with van der Waals surface area (Å²) in [6.07, 6.45) is 0.754. The molecule has 1 atom stereocenters. The summed E-state index contributed by atoms with van der Waals surface area (Å²) in [6.45, 7) is 7.10. The molecule has 0 saturated carbocycles. The first kappa shape index (κ1) is 16.5. The molecule has 0 aliphatic carbocycles. The first-order valence-corrected chi connectivity index (χ1v) is 8.40. The smallest absolute Gasteiger partial charge is 0.254 e. The Balaban J connectivity index is 1.88. The van der Waals surface area contributed by atoms with Crippen molar-refractivity contribution in [2.24, 2.45) is 5.92 Å². The topological polar surface area (TPSA) is 69.7 Å². The maximum absolute atomic E-state index is 12.9. The van der Waals surface area contributed by atoms with Gasteiger partial charge in [-0.3, -0.25) is 14.4 Å². The van der Waals surface area contributed by atoms with Gasteiger partial charge in [0.05, 0.1) is 0 Å². The molecule has 1 aromatic rings. The summed E-state index contributed by atoms with van der Waals surface area (Å²) < 4.78 is 0. The number of nitrogens with zero attached hydrogens (tertiary/aromatic N) is 2. The molecule has 1 unspecified atom stereocenters. The average Bonchev–Trinajstić information content (AvgIpc) is 2.96. The van der Waals surface area contributed by atoms with Crippen LogP contribution in [0.3, 0.4) is 0 Å². The second-order valence-corrected chi connectivity index (χ2v) is 6.74. The van der Waals surface area contributed by atoms with Gasteiger partial charge in [0.1, 0.15) is 6.04 Å². The molecule has 3 rings (SSSR count). The van der Waals surface area contributed by atoms with E-state index in [1.807, 2.05) is 26.0 Å². The van der Waals surface area contributed by atoms with Crippen LogP contribution in [0.25, 0.3) is 0 Å². The van der Waals surface area contributed by atoms with Gasteiger partial charge in [-0.25, -0.2) is 0 Å². The second kappa shape index (κ2) is 6.26. The van der Waals surface area contributed by atoms with Crippen molar-refractivity contribution in [1.29, 1.82) is 0 Å². The molecule has 1 fully saturated rings. The zero-order chi connectivity index (χ0) is 17.4. The van der Waals surface area contributed by atoms with Gasteiger partial charge >= 0.3 is 0 Å². The molecule has 0 radical (unpaired) electrons. The minimum Gasteiger partial charge on any atom is -0.353 e. The van der Waals surface area contributed by atoms with Crippen LogP contribution in [-0.4, -0.2) is 48.3 Å². The first-order valence-electron chi connectivity index (χ1n) is 8.40.